The lowest BCUT2D eigenvalue weighted by atomic mass is 10.1. The van der Waals surface area contributed by atoms with Gasteiger partial charge in [0.2, 0.25) is 0 Å². The summed E-state index contributed by atoms with van der Waals surface area (Å²) < 4.78 is 0. The van der Waals surface area contributed by atoms with Crippen molar-refractivity contribution in [3.05, 3.63) is 48.4 Å². The van der Waals surface area contributed by atoms with E-state index < -0.39 is 0 Å². The van der Waals surface area contributed by atoms with Crippen LogP contribution < -0.4 is 14.7 Å². The summed E-state index contributed by atoms with van der Waals surface area (Å²) in [6.45, 7) is 5.47. The molecule has 0 unspecified atom stereocenters. The molecule has 4 heterocycles. The van der Waals surface area contributed by atoms with Gasteiger partial charge in [-0.05, 0) is 6.07 Å². The van der Waals surface area contributed by atoms with Crippen LogP contribution in [0.5, 0.6) is 0 Å². The predicted molar refractivity (Wildman–Crippen MR) is 122 cm³/mol. The molecule has 7 nitrogen and oxygen atoms in total. The number of para-hydroxylation sites is 1. The molecule has 0 bridgehead atoms. The van der Waals surface area contributed by atoms with E-state index in [1.165, 1.54) is 0 Å². The zero-order valence-corrected chi connectivity index (χ0v) is 17.6. The van der Waals surface area contributed by atoms with Crippen molar-refractivity contribution in [2.45, 2.75) is 0 Å². The molecule has 152 valence electrons. The molecule has 2 saturated heterocycles. The molecule has 3 aromatic rings. The molecule has 0 saturated carbocycles. The second-order valence-electron chi connectivity index (χ2n) is 7.46. The third kappa shape index (κ3) is 3.61. The van der Waals surface area contributed by atoms with E-state index in [0.29, 0.717) is 5.56 Å². The van der Waals surface area contributed by atoms with Gasteiger partial charge in [-0.3, -0.25) is 4.98 Å². The summed E-state index contributed by atoms with van der Waals surface area (Å²) in [7, 11) is 0. The van der Waals surface area contributed by atoms with Crippen molar-refractivity contribution in [2.75, 3.05) is 65.5 Å². The Morgan fingerprint density at radius 2 is 1.50 bits per heavy atom. The molecule has 2 aliphatic heterocycles. The summed E-state index contributed by atoms with van der Waals surface area (Å²) in [5, 5.41) is 10.7. The molecular weight excluding hydrogens is 394 g/mol. The van der Waals surface area contributed by atoms with Gasteiger partial charge in [0, 0.05) is 68.4 Å². The number of thioether (sulfide) groups is 1. The number of rotatable bonds is 3. The summed E-state index contributed by atoms with van der Waals surface area (Å²) in [5.41, 5.74) is 2.56. The fourth-order valence-electron chi connectivity index (χ4n) is 4.18. The van der Waals surface area contributed by atoms with Gasteiger partial charge in [0.15, 0.2) is 0 Å². The quantitative estimate of drug-likeness (QED) is 0.644. The van der Waals surface area contributed by atoms with Crippen LogP contribution in [0.15, 0.2) is 42.9 Å². The first-order valence-electron chi connectivity index (χ1n) is 10.3. The predicted octanol–water partition coefficient (Wildman–Crippen LogP) is 2.78. The maximum Gasteiger partial charge on any atom is 0.134 e. The van der Waals surface area contributed by atoms with Crippen molar-refractivity contribution in [3.8, 4) is 6.07 Å². The number of aromatic nitrogens is 3. The maximum atomic E-state index is 9.64. The highest BCUT2D eigenvalue weighted by atomic mass is 32.2. The minimum atomic E-state index is 0.634. The first-order chi connectivity index (χ1) is 14.8. The van der Waals surface area contributed by atoms with Gasteiger partial charge in [0.05, 0.1) is 16.8 Å². The van der Waals surface area contributed by atoms with Gasteiger partial charge < -0.3 is 14.7 Å². The molecule has 0 spiro atoms. The largest absolute Gasteiger partial charge is 0.366 e. The highest BCUT2D eigenvalue weighted by molar-refractivity contribution is 7.99. The lowest BCUT2D eigenvalue weighted by Gasteiger charge is -2.37. The van der Waals surface area contributed by atoms with Crippen LogP contribution >= 0.6 is 11.8 Å². The Bertz CT molecular complexity index is 1080. The highest BCUT2D eigenvalue weighted by Crippen LogP contribution is 2.31. The Balaban J connectivity index is 1.35. The van der Waals surface area contributed by atoms with Gasteiger partial charge in [0.25, 0.3) is 0 Å². The van der Waals surface area contributed by atoms with Crippen LogP contribution in [0.4, 0.5) is 17.3 Å². The SMILES string of the molecule is N#Cc1cnc2ccccc2c1N1CCN(c2cc(N3CCSCC3)ncn2)CC1. The minimum absolute atomic E-state index is 0.634. The van der Waals surface area contributed by atoms with Crippen LogP contribution in [0.1, 0.15) is 5.56 Å². The molecule has 2 aliphatic rings. The fourth-order valence-corrected chi connectivity index (χ4v) is 5.09. The Morgan fingerprint density at radius 3 is 2.23 bits per heavy atom. The second-order valence-corrected chi connectivity index (χ2v) is 8.68. The monoisotopic (exact) mass is 417 g/mol. The van der Waals surface area contributed by atoms with Crippen molar-refractivity contribution in [2.24, 2.45) is 0 Å². The molecule has 2 aromatic heterocycles. The average molecular weight is 418 g/mol. The lowest BCUT2D eigenvalue weighted by Crippen LogP contribution is -2.47. The van der Waals surface area contributed by atoms with Crippen molar-refractivity contribution < 1.29 is 0 Å². The first kappa shape index (κ1) is 18.9. The Hall–Kier alpha value is -3.05. The fraction of sp³-hybridized carbons (Fsp3) is 0.364. The molecule has 0 atom stereocenters. The van der Waals surface area contributed by atoms with E-state index in [-0.39, 0.29) is 0 Å². The number of benzene rings is 1. The van der Waals surface area contributed by atoms with Crippen LogP contribution in [0.25, 0.3) is 10.9 Å². The van der Waals surface area contributed by atoms with E-state index in [4.69, 9.17) is 0 Å². The van der Waals surface area contributed by atoms with Crippen LogP contribution in [0.3, 0.4) is 0 Å². The topological polar surface area (TPSA) is 72.2 Å². The van der Waals surface area contributed by atoms with Gasteiger partial charge in [-0.15, -0.1) is 0 Å². The van der Waals surface area contributed by atoms with Crippen LogP contribution in [-0.4, -0.2) is 65.7 Å². The minimum Gasteiger partial charge on any atom is -0.366 e. The van der Waals surface area contributed by atoms with Crippen molar-refractivity contribution in [1.82, 2.24) is 15.0 Å². The Morgan fingerprint density at radius 1 is 0.833 bits per heavy atom. The molecular formula is C22H23N7S. The van der Waals surface area contributed by atoms with E-state index in [1.54, 1.807) is 12.5 Å². The summed E-state index contributed by atoms with van der Waals surface area (Å²) >= 11 is 2.00. The smallest absolute Gasteiger partial charge is 0.134 e. The average Bonchev–Trinajstić information content (AvgIpc) is 2.84. The highest BCUT2D eigenvalue weighted by Gasteiger charge is 2.23. The summed E-state index contributed by atoms with van der Waals surface area (Å²) in [6.07, 6.45) is 3.38. The van der Waals surface area contributed by atoms with Gasteiger partial charge in [-0.1, -0.05) is 18.2 Å². The van der Waals surface area contributed by atoms with Crippen LogP contribution in [0.2, 0.25) is 0 Å². The summed E-state index contributed by atoms with van der Waals surface area (Å²) in [4.78, 5) is 20.5. The molecule has 0 N–H and O–H groups in total. The first-order valence-corrected chi connectivity index (χ1v) is 11.4. The molecule has 2 fully saturated rings. The standard InChI is InChI=1S/C22H23N7S/c23-14-17-15-24-19-4-2-1-3-18(19)22(17)29-7-5-27(6-8-29)20-13-21(26-16-25-20)28-9-11-30-12-10-28/h1-4,13,15-16H,5-12H2. The maximum absolute atomic E-state index is 9.64. The zero-order valence-electron chi connectivity index (χ0n) is 16.7. The zero-order chi connectivity index (χ0) is 20.3. The number of piperazine rings is 1. The number of anilines is 3. The van der Waals surface area contributed by atoms with Gasteiger partial charge in [-0.2, -0.15) is 17.0 Å². The number of nitrogens with zero attached hydrogens (tertiary/aromatic N) is 7. The van der Waals surface area contributed by atoms with E-state index >= 15 is 0 Å². The Kier molecular flexibility index (Phi) is 5.28. The van der Waals surface area contributed by atoms with Crippen molar-refractivity contribution >= 4 is 40.0 Å². The van der Waals surface area contributed by atoms with Crippen molar-refractivity contribution in [1.29, 1.82) is 5.26 Å². The van der Waals surface area contributed by atoms with Crippen LogP contribution in [-0.2, 0) is 0 Å². The second kappa shape index (κ2) is 8.36. The van der Waals surface area contributed by atoms with Gasteiger partial charge in [-0.25, -0.2) is 9.97 Å². The molecule has 8 heteroatoms. The Labute approximate surface area is 180 Å². The summed E-state index contributed by atoms with van der Waals surface area (Å²) in [6, 6.07) is 12.5. The number of fused-ring (bicyclic) bond motifs is 1. The normalized spacial score (nSPS) is 17.2. The van der Waals surface area contributed by atoms with Crippen molar-refractivity contribution in [3.63, 3.8) is 0 Å². The van der Waals surface area contributed by atoms with Gasteiger partial charge in [0.1, 0.15) is 24.0 Å². The summed E-state index contributed by atoms with van der Waals surface area (Å²) in [5.74, 6) is 4.31. The van der Waals surface area contributed by atoms with Crippen LogP contribution in [0, 0.1) is 11.3 Å². The molecule has 1 aromatic carbocycles. The number of hydrogen-bond acceptors (Lipinski definition) is 8. The number of hydrogen-bond donors (Lipinski definition) is 0. The molecule has 0 radical (unpaired) electrons. The third-order valence-electron chi connectivity index (χ3n) is 5.76. The lowest BCUT2D eigenvalue weighted by molar-refractivity contribution is 0.647. The van der Waals surface area contributed by atoms with Gasteiger partial charge >= 0.3 is 0 Å². The van der Waals surface area contributed by atoms with E-state index in [9.17, 15) is 5.26 Å². The molecule has 5 rings (SSSR count). The van der Waals surface area contributed by atoms with E-state index in [0.717, 1.165) is 79.0 Å². The number of pyridine rings is 1. The molecule has 0 amide bonds. The van der Waals surface area contributed by atoms with E-state index in [1.807, 2.05) is 30.0 Å². The third-order valence-corrected chi connectivity index (χ3v) is 6.70. The molecule has 0 aliphatic carbocycles. The number of nitriles is 1. The molecule has 30 heavy (non-hydrogen) atoms. The van der Waals surface area contributed by atoms with E-state index in [2.05, 4.69) is 47.9 Å².